The normalized spacial score (nSPS) is 20.5. The molecule has 0 atom stereocenters. The Kier molecular flexibility index (Phi) is 5.94. The number of hydrogen-bond acceptors (Lipinski definition) is 2. The van der Waals surface area contributed by atoms with Crippen LogP contribution in [0.2, 0.25) is 0 Å². The number of nitrogens with two attached hydrogens (primary N) is 1. The molecule has 102 valence electrons. The van der Waals surface area contributed by atoms with Crippen molar-refractivity contribution in [2.45, 2.75) is 77.8 Å². The van der Waals surface area contributed by atoms with Gasteiger partial charge in [0.1, 0.15) is 0 Å². The van der Waals surface area contributed by atoms with Crippen LogP contribution in [0, 0.1) is 5.92 Å². The molecule has 0 amide bonds. The third kappa shape index (κ3) is 5.39. The van der Waals surface area contributed by atoms with Gasteiger partial charge in [-0.15, -0.1) is 0 Å². The highest BCUT2D eigenvalue weighted by Crippen LogP contribution is 2.29. The highest BCUT2D eigenvalue weighted by molar-refractivity contribution is 4.88. The van der Waals surface area contributed by atoms with Crippen molar-refractivity contribution >= 4 is 0 Å². The molecule has 2 heteroatoms. The quantitative estimate of drug-likeness (QED) is 0.771. The zero-order valence-electron chi connectivity index (χ0n) is 12.3. The summed E-state index contributed by atoms with van der Waals surface area (Å²) in [5.41, 5.74) is 6.65. The molecule has 0 radical (unpaired) electrons. The lowest BCUT2D eigenvalue weighted by Gasteiger charge is -2.37. The van der Waals surface area contributed by atoms with Crippen molar-refractivity contribution in [2.75, 3.05) is 13.1 Å². The van der Waals surface area contributed by atoms with Crippen molar-refractivity contribution in [1.82, 2.24) is 4.90 Å². The Hall–Kier alpha value is -0.0800. The summed E-state index contributed by atoms with van der Waals surface area (Å²) in [4.78, 5) is 2.59. The summed E-state index contributed by atoms with van der Waals surface area (Å²) in [6.45, 7) is 11.6. The van der Waals surface area contributed by atoms with E-state index in [9.17, 15) is 0 Å². The highest BCUT2D eigenvalue weighted by Gasteiger charge is 2.28. The average molecular weight is 240 g/mol. The van der Waals surface area contributed by atoms with Gasteiger partial charge in [-0.1, -0.05) is 33.1 Å². The first-order valence-electron chi connectivity index (χ1n) is 7.46. The fourth-order valence-electron chi connectivity index (χ4n) is 2.90. The maximum Gasteiger partial charge on any atom is 0.0166 e. The standard InChI is InChI=1S/C15H32N2/c1-13(2)12-17(14(3)4)11-10-15(16)8-6-5-7-9-15/h13-14H,5-12,16H2,1-4H3. The highest BCUT2D eigenvalue weighted by atomic mass is 15.1. The summed E-state index contributed by atoms with van der Waals surface area (Å²) in [6.07, 6.45) is 7.71. The summed E-state index contributed by atoms with van der Waals surface area (Å²) < 4.78 is 0. The predicted octanol–water partition coefficient (Wildman–Crippen LogP) is 3.40. The molecule has 0 aromatic rings. The van der Waals surface area contributed by atoms with Crippen LogP contribution >= 0.6 is 0 Å². The minimum Gasteiger partial charge on any atom is -0.325 e. The second kappa shape index (κ2) is 6.75. The number of hydrogen-bond donors (Lipinski definition) is 1. The van der Waals surface area contributed by atoms with Crippen LogP contribution in [0.25, 0.3) is 0 Å². The van der Waals surface area contributed by atoms with E-state index in [2.05, 4.69) is 32.6 Å². The van der Waals surface area contributed by atoms with E-state index in [4.69, 9.17) is 5.73 Å². The fourth-order valence-corrected chi connectivity index (χ4v) is 2.90. The molecule has 17 heavy (non-hydrogen) atoms. The molecule has 0 heterocycles. The molecular formula is C15H32N2. The van der Waals surface area contributed by atoms with Crippen LogP contribution in [0.5, 0.6) is 0 Å². The van der Waals surface area contributed by atoms with E-state index in [1.807, 2.05) is 0 Å². The Balaban J connectivity index is 2.39. The lowest BCUT2D eigenvalue weighted by molar-refractivity contribution is 0.163. The van der Waals surface area contributed by atoms with Gasteiger partial charge in [-0.2, -0.15) is 0 Å². The first-order chi connectivity index (χ1) is 7.93. The van der Waals surface area contributed by atoms with Crippen LogP contribution in [0.15, 0.2) is 0 Å². The van der Waals surface area contributed by atoms with Gasteiger partial charge in [0, 0.05) is 24.7 Å². The molecule has 0 aliphatic heterocycles. The summed E-state index contributed by atoms with van der Waals surface area (Å²) in [6, 6.07) is 0.643. The summed E-state index contributed by atoms with van der Waals surface area (Å²) >= 11 is 0. The van der Waals surface area contributed by atoms with Crippen molar-refractivity contribution in [3.05, 3.63) is 0 Å². The molecular weight excluding hydrogens is 208 g/mol. The van der Waals surface area contributed by atoms with E-state index >= 15 is 0 Å². The molecule has 1 saturated carbocycles. The van der Waals surface area contributed by atoms with Crippen molar-refractivity contribution in [1.29, 1.82) is 0 Å². The minimum atomic E-state index is 0.141. The van der Waals surface area contributed by atoms with Crippen LogP contribution in [0.4, 0.5) is 0 Å². The average Bonchev–Trinajstić information content (AvgIpc) is 2.24. The van der Waals surface area contributed by atoms with E-state index in [0.717, 1.165) is 5.92 Å². The third-order valence-electron chi connectivity index (χ3n) is 4.08. The molecule has 1 aliphatic carbocycles. The van der Waals surface area contributed by atoms with E-state index < -0.39 is 0 Å². The maximum absolute atomic E-state index is 6.51. The Morgan fingerprint density at radius 2 is 1.65 bits per heavy atom. The molecule has 2 N–H and O–H groups in total. The monoisotopic (exact) mass is 240 g/mol. The molecule has 1 rings (SSSR count). The lowest BCUT2D eigenvalue weighted by Crippen LogP contribution is -2.46. The number of rotatable bonds is 6. The predicted molar refractivity (Wildman–Crippen MR) is 76.2 cm³/mol. The van der Waals surface area contributed by atoms with Gasteiger partial charge in [-0.05, 0) is 39.0 Å². The third-order valence-corrected chi connectivity index (χ3v) is 4.08. The van der Waals surface area contributed by atoms with E-state index in [0.29, 0.717) is 6.04 Å². The van der Waals surface area contributed by atoms with Crippen molar-refractivity contribution in [2.24, 2.45) is 11.7 Å². The smallest absolute Gasteiger partial charge is 0.0166 e. The van der Waals surface area contributed by atoms with Gasteiger partial charge in [-0.3, -0.25) is 0 Å². The van der Waals surface area contributed by atoms with Gasteiger partial charge < -0.3 is 10.6 Å². The van der Waals surface area contributed by atoms with Gasteiger partial charge in [-0.25, -0.2) is 0 Å². The number of nitrogens with zero attached hydrogens (tertiary/aromatic N) is 1. The van der Waals surface area contributed by atoms with Gasteiger partial charge in [0.15, 0.2) is 0 Å². The molecule has 0 saturated heterocycles. The molecule has 0 spiro atoms. The first-order valence-corrected chi connectivity index (χ1v) is 7.46. The second-order valence-electron chi connectivity index (χ2n) is 6.66. The molecule has 1 fully saturated rings. The zero-order chi connectivity index (χ0) is 12.9. The Morgan fingerprint density at radius 1 is 1.06 bits per heavy atom. The Morgan fingerprint density at radius 3 is 2.12 bits per heavy atom. The largest absolute Gasteiger partial charge is 0.325 e. The van der Waals surface area contributed by atoms with Crippen LogP contribution in [-0.4, -0.2) is 29.6 Å². The first kappa shape index (κ1) is 15.0. The Labute approximate surface area is 108 Å². The van der Waals surface area contributed by atoms with Gasteiger partial charge in [0.2, 0.25) is 0 Å². The molecule has 1 aliphatic rings. The summed E-state index contributed by atoms with van der Waals surface area (Å²) in [7, 11) is 0. The summed E-state index contributed by atoms with van der Waals surface area (Å²) in [5.74, 6) is 0.748. The van der Waals surface area contributed by atoms with Crippen molar-refractivity contribution in [3.63, 3.8) is 0 Å². The van der Waals surface area contributed by atoms with E-state index in [1.165, 1.54) is 51.6 Å². The maximum atomic E-state index is 6.51. The van der Waals surface area contributed by atoms with Gasteiger partial charge >= 0.3 is 0 Å². The van der Waals surface area contributed by atoms with E-state index in [-0.39, 0.29) is 5.54 Å². The van der Waals surface area contributed by atoms with Crippen LogP contribution in [0.1, 0.15) is 66.2 Å². The lowest BCUT2D eigenvalue weighted by atomic mass is 9.80. The topological polar surface area (TPSA) is 29.3 Å². The molecule has 2 nitrogen and oxygen atoms in total. The van der Waals surface area contributed by atoms with Gasteiger partial charge in [0.25, 0.3) is 0 Å². The minimum absolute atomic E-state index is 0.141. The summed E-state index contributed by atoms with van der Waals surface area (Å²) in [5, 5.41) is 0. The molecule has 0 aromatic heterocycles. The fraction of sp³-hybridized carbons (Fsp3) is 1.00. The van der Waals surface area contributed by atoms with Crippen LogP contribution in [-0.2, 0) is 0 Å². The molecule has 0 aromatic carbocycles. The zero-order valence-corrected chi connectivity index (χ0v) is 12.3. The van der Waals surface area contributed by atoms with Gasteiger partial charge in [0.05, 0.1) is 0 Å². The van der Waals surface area contributed by atoms with Crippen LogP contribution < -0.4 is 5.73 Å². The van der Waals surface area contributed by atoms with Crippen LogP contribution in [0.3, 0.4) is 0 Å². The van der Waals surface area contributed by atoms with E-state index in [1.54, 1.807) is 0 Å². The molecule has 0 bridgehead atoms. The van der Waals surface area contributed by atoms with Crippen molar-refractivity contribution in [3.8, 4) is 0 Å². The van der Waals surface area contributed by atoms with Crippen molar-refractivity contribution < 1.29 is 0 Å². The SMILES string of the molecule is CC(C)CN(CCC1(N)CCCCC1)C(C)C. The molecule has 0 unspecified atom stereocenters. The Bertz CT molecular complexity index is 205. The second-order valence-corrected chi connectivity index (χ2v) is 6.66.